The second-order valence-corrected chi connectivity index (χ2v) is 9.65. The number of hydrogen-bond acceptors (Lipinski definition) is 9. The molecule has 0 aromatic heterocycles. The van der Waals surface area contributed by atoms with E-state index in [2.05, 4.69) is 10.2 Å². The van der Waals surface area contributed by atoms with Crippen LogP contribution in [0.1, 0.15) is 11.1 Å². The third kappa shape index (κ3) is 4.06. The van der Waals surface area contributed by atoms with Gasteiger partial charge in [0.05, 0.1) is 26.5 Å². The quantitative estimate of drug-likeness (QED) is 0.525. The largest absolute Gasteiger partial charge is 0.508 e. The van der Waals surface area contributed by atoms with Crippen molar-refractivity contribution in [2.45, 2.75) is 12.2 Å². The van der Waals surface area contributed by atoms with Crippen molar-refractivity contribution in [1.29, 1.82) is 0 Å². The Kier molecular flexibility index (Phi) is 6.77. The topological polar surface area (TPSA) is 115 Å². The van der Waals surface area contributed by atoms with Crippen molar-refractivity contribution >= 4 is 23.1 Å². The smallest absolute Gasteiger partial charge is 0.353 e. The first-order valence-electron chi connectivity index (χ1n) is 12.5. The number of carboxylic acids is 1. The van der Waals surface area contributed by atoms with E-state index in [-0.39, 0.29) is 24.4 Å². The second kappa shape index (κ2) is 10.0. The van der Waals surface area contributed by atoms with Crippen LogP contribution >= 0.6 is 0 Å². The molecule has 38 heavy (non-hydrogen) atoms. The average molecular weight is 521 g/mol. The number of piperazine rings is 1. The van der Waals surface area contributed by atoms with Gasteiger partial charge >= 0.3 is 5.97 Å². The maximum absolute atomic E-state index is 13.4. The number of carboxylic acid groups (broad SMARTS) is 1. The van der Waals surface area contributed by atoms with Gasteiger partial charge in [-0.1, -0.05) is 18.2 Å². The predicted octanol–water partition coefficient (Wildman–Crippen LogP) is 2.40. The summed E-state index contributed by atoms with van der Waals surface area (Å²) < 4.78 is 11.0. The van der Waals surface area contributed by atoms with Crippen molar-refractivity contribution in [3.8, 4) is 11.5 Å². The molecule has 200 valence electrons. The summed E-state index contributed by atoms with van der Waals surface area (Å²) in [5.74, 6) is -0.767. The molecule has 1 fully saturated rings. The van der Waals surface area contributed by atoms with E-state index in [1.807, 2.05) is 37.4 Å². The number of allylic oxidation sites excluding steroid dienone is 1. The number of nitrogens with zero attached hydrogens (tertiary/aromatic N) is 3. The van der Waals surface area contributed by atoms with Gasteiger partial charge in [0.2, 0.25) is 0 Å². The lowest BCUT2D eigenvalue weighted by Gasteiger charge is -2.52. The normalized spacial score (nSPS) is 22.1. The van der Waals surface area contributed by atoms with Gasteiger partial charge in [0.25, 0.3) is 5.66 Å². The van der Waals surface area contributed by atoms with Crippen molar-refractivity contribution in [3.05, 3.63) is 71.0 Å². The Balaban J connectivity index is 1.77. The number of aliphatic hydroxyl groups excluding tert-OH is 1. The zero-order valence-electron chi connectivity index (χ0n) is 21.7. The summed E-state index contributed by atoms with van der Waals surface area (Å²) in [6.45, 7) is 2.15. The van der Waals surface area contributed by atoms with Gasteiger partial charge in [-0.15, -0.1) is 0 Å². The summed E-state index contributed by atoms with van der Waals surface area (Å²) in [7, 11) is 5.08. The zero-order chi connectivity index (χ0) is 27.0. The maximum atomic E-state index is 13.4. The Morgan fingerprint density at radius 3 is 2.50 bits per heavy atom. The Morgan fingerprint density at radius 1 is 1.08 bits per heavy atom. The van der Waals surface area contributed by atoms with Crippen LogP contribution in [0.4, 0.5) is 5.69 Å². The number of hydrogen-bond donors (Lipinski definition) is 3. The number of ketones is 1. The summed E-state index contributed by atoms with van der Waals surface area (Å²) in [6, 6.07) is 12.8. The number of fused-ring (bicyclic) bond motifs is 2. The highest BCUT2D eigenvalue weighted by molar-refractivity contribution is 6.11. The Bertz CT molecular complexity index is 1330. The number of anilines is 1. The number of carbonyl (C=O) groups excluding carboxylic acids is 1. The molecule has 3 aliphatic rings. The van der Waals surface area contributed by atoms with E-state index in [4.69, 9.17) is 9.47 Å². The number of Topliss-reactive ketones (excluding diaryl/α,β-unsaturated/α-hetero) is 1. The van der Waals surface area contributed by atoms with Crippen molar-refractivity contribution in [2.75, 3.05) is 59.3 Å². The fraction of sp³-hybridized carbons (Fsp3) is 0.357. The summed E-state index contributed by atoms with van der Waals surface area (Å²) in [6.07, 6.45) is 1.34. The molecule has 2 aromatic carbocycles. The first-order valence-corrected chi connectivity index (χ1v) is 12.5. The standard InChI is InChI=1S/C28H32N4O6/c1-30-10-12-31(13-11-30)28(27(35)36)25(34)15-21-23(33)16-29-22-7-5-4-6-20(22)26(21)32(28)17-18-8-9-19(37-2)14-24(18)38-3/h4-9,14-15,29,34H,10-13,16-17H2,1-3H3,(H,35,36). The van der Waals surface area contributed by atoms with E-state index in [1.165, 1.54) is 13.2 Å². The van der Waals surface area contributed by atoms with Gasteiger partial charge in [0, 0.05) is 61.2 Å². The van der Waals surface area contributed by atoms with Crippen LogP contribution in [0, 0.1) is 0 Å². The molecule has 1 unspecified atom stereocenters. The number of benzene rings is 2. The van der Waals surface area contributed by atoms with E-state index in [0.29, 0.717) is 60.2 Å². The van der Waals surface area contributed by atoms with Crippen LogP contribution in [-0.4, -0.2) is 96.3 Å². The van der Waals surface area contributed by atoms with Crippen LogP contribution < -0.4 is 14.8 Å². The molecule has 3 aliphatic heterocycles. The lowest BCUT2D eigenvalue weighted by molar-refractivity contribution is -0.165. The lowest BCUT2D eigenvalue weighted by atomic mass is 9.88. The highest BCUT2D eigenvalue weighted by atomic mass is 16.5. The molecule has 5 rings (SSSR count). The highest BCUT2D eigenvalue weighted by Gasteiger charge is 2.57. The fourth-order valence-electron chi connectivity index (χ4n) is 5.54. The summed E-state index contributed by atoms with van der Waals surface area (Å²) >= 11 is 0. The molecule has 0 aliphatic carbocycles. The molecule has 3 N–H and O–H groups in total. The number of rotatable bonds is 6. The molecule has 0 amide bonds. The fourth-order valence-corrected chi connectivity index (χ4v) is 5.54. The van der Waals surface area contributed by atoms with E-state index < -0.39 is 17.4 Å². The third-order valence-corrected chi connectivity index (χ3v) is 7.56. The van der Waals surface area contributed by atoms with Crippen LogP contribution in [0.5, 0.6) is 11.5 Å². The van der Waals surface area contributed by atoms with Crippen LogP contribution in [0.15, 0.2) is 59.9 Å². The SMILES string of the molecule is COc1ccc(CN2C3=C(C=C(O)C2(C(=O)O)N2CCN(C)CC2)C(=O)CNc2ccccc23)c(OC)c1. The van der Waals surface area contributed by atoms with Gasteiger partial charge in [-0.05, 0) is 31.3 Å². The predicted molar refractivity (Wildman–Crippen MR) is 142 cm³/mol. The minimum atomic E-state index is -1.94. The molecule has 2 aromatic rings. The molecular formula is C28H32N4O6. The molecule has 3 heterocycles. The van der Waals surface area contributed by atoms with Gasteiger partial charge in [0.15, 0.2) is 5.78 Å². The number of likely N-dealkylation sites (N-methyl/N-ethyl adjacent to an activating group) is 1. The number of ether oxygens (including phenoxy) is 2. The van der Waals surface area contributed by atoms with Crippen molar-refractivity contribution in [2.24, 2.45) is 0 Å². The van der Waals surface area contributed by atoms with E-state index in [1.54, 1.807) is 29.0 Å². The third-order valence-electron chi connectivity index (χ3n) is 7.56. The molecule has 10 nitrogen and oxygen atoms in total. The number of methoxy groups -OCH3 is 2. The molecule has 0 saturated carbocycles. The van der Waals surface area contributed by atoms with Crippen molar-refractivity contribution < 1.29 is 29.3 Å². The first kappa shape index (κ1) is 25.6. The molecule has 10 heteroatoms. The maximum Gasteiger partial charge on any atom is 0.353 e. The Hall–Kier alpha value is -4.02. The number of aliphatic carboxylic acids is 1. The van der Waals surface area contributed by atoms with Gasteiger partial charge in [-0.2, -0.15) is 0 Å². The van der Waals surface area contributed by atoms with E-state index in [0.717, 1.165) is 0 Å². The monoisotopic (exact) mass is 520 g/mol. The lowest BCUT2D eigenvalue weighted by Crippen LogP contribution is -2.69. The van der Waals surface area contributed by atoms with Crippen LogP contribution in [-0.2, 0) is 16.1 Å². The zero-order valence-corrected chi connectivity index (χ0v) is 21.7. The van der Waals surface area contributed by atoms with Gasteiger partial charge in [0.1, 0.15) is 17.3 Å². The number of aliphatic hydroxyl groups is 1. The van der Waals surface area contributed by atoms with Gasteiger partial charge in [-0.3, -0.25) is 9.69 Å². The minimum absolute atomic E-state index is 0.0217. The van der Waals surface area contributed by atoms with Crippen LogP contribution in [0.3, 0.4) is 0 Å². The van der Waals surface area contributed by atoms with E-state index >= 15 is 0 Å². The molecule has 0 radical (unpaired) electrons. The minimum Gasteiger partial charge on any atom is -0.508 e. The first-order chi connectivity index (χ1) is 18.3. The second-order valence-electron chi connectivity index (χ2n) is 9.65. The molecular weight excluding hydrogens is 488 g/mol. The van der Waals surface area contributed by atoms with Crippen molar-refractivity contribution in [3.63, 3.8) is 0 Å². The van der Waals surface area contributed by atoms with Gasteiger partial charge in [-0.25, -0.2) is 4.79 Å². The van der Waals surface area contributed by atoms with Gasteiger partial charge < -0.3 is 34.8 Å². The summed E-state index contributed by atoms with van der Waals surface area (Å²) in [4.78, 5) is 32.3. The summed E-state index contributed by atoms with van der Waals surface area (Å²) in [5.41, 5.74) is 0.847. The molecule has 0 bridgehead atoms. The number of carbonyl (C=O) groups is 2. The Morgan fingerprint density at radius 2 is 1.82 bits per heavy atom. The van der Waals surface area contributed by atoms with Crippen molar-refractivity contribution in [1.82, 2.24) is 14.7 Å². The number of para-hydroxylation sites is 1. The van der Waals surface area contributed by atoms with E-state index in [9.17, 15) is 19.8 Å². The van der Waals surface area contributed by atoms with Crippen LogP contribution in [0.2, 0.25) is 0 Å². The number of nitrogens with one attached hydrogen (secondary N) is 1. The van der Waals surface area contributed by atoms with Crippen LogP contribution in [0.25, 0.3) is 5.70 Å². The molecule has 0 spiro atoms. The summed E-state index contributed by atoms with van der Waals surface area (Å²) in [5, 5.41) is 25.7. The molecule has 1 atom stereocenters. The Labute approximate surface area is 221 Å². The average Bonchev–Trinajstić information content (AvgIpc) is 3.06. The molecule has 1 saturated heterocycles. The highest BCUT2D eigenvalue weighted by Crippen LogP contribution is 2.46.